The monoisotopic (exact) mass is 291 g/mol. The second kappa shape index (κ2) is 5.35. The van der Waals surface area contributed by atoms with Gasteiger partial charge < -0.3 is 9.64 Å². The van der Waals surface area contributed by atoms with Crippen molar-refractivity contribution in [3.8, 4) is 5.75 Å². The topological polar surface area (TPSA) is 12.5 Å². The van der Waals surface area contributed by atoms with E-state index in [4.69, 9.17) is 16.3 Å². The van der Waals surface area contributed by atoms with Crippen LogP contribution in [0.15, 0.2) is 52.3 Å². The summed E-state index contributed by atoms with van der Waals surface area (Å²) in [6.07, 6.45) is 0. The Morgan fingerprint density at radius 1 is 1.11 bits per heavy atom. The summed E-state index contributed by atoms with van der Waals surface area (Å²) in [5, 5.41) is 0. The molecule has 1 aliphatic heterocycles. The number of benzene rings is 2. The lowest BCUT2D eigenvalue weighted by Gasteiger charge is -2.32. The van der Waals surface area contributed by atoms with E-state index in [1.54, 1.807) is 18.9 Å². The van der Waals surface area contributed by atoms with Crippen molar-refractivity contribution in [2.45, 2.75) is 9.79 Å². The third-order valence-electron chi connectivity index (χ3n) is 3.14. The number of fused-ring (bicyclic) bond motifs is 2. The first-order valence-electron chi connectivity index (χ1n) is 6.12. The van der Waals surface area contributed by atoms with Crippen molar-refractivity contribution in [2.24, 2.45) is 0 Å². The zero-order valence-electron chi connectivity index (χ0n) is 10.6. The molecule has 0 atom stereocenters. The quantitative estimate of drug-likeness (QED) is 0.771. The highest BCUT2D eigenvalue weighted by atomic mass is 35.5. The van der Waals surface area contributed by atoms with Gasteiger partial charge in [0.1, 0.15) is 5.75 Å². The molecule has 19 heavy (non-hydrogen) atoms. The summed E-state index contributed by atoms with van der Waals surface area (Å²) in [5.74, 6) is 1.47. The maximum absolute atomic E-state index is 5.96. The summed E-state index contributed by atoms with van der Waals surface area (Å²) < 4.78 is 5.33. The van der Waals surface area contributed by atoms with Gasteiger partial charge in [-0.2, -0.15) is 0 Å². The van der Waals surface area contributed by atoms with Crippen LogP contribution in [0.4, 0.5) is 11.4 Å². The largest absolute Gasteiger partial charge is 0.497 e. The Morgan fingerprint density at radius 3 is 2.68 bits per heavy atom. The predicted octanol–water partition coefficient (Wildman–Crippen LogP) is 4.54. The summed E-state index contributed by atoms with van der Waals surface area (Å²) in [6, 6.07) is 14.6. The summed E-state index contributed by atoms with van der Waals surface area (Å²) >= 11 is 7.75. The fraction of sp³-hybridized carbons (Fsp3) is 0.200. The standard InChI is InChI=1S/C15H14ClNOS/c1-18-11-6-7-15-13(10-11)17(9-8-16)12-4-2-3-5-14(12)19-15/h2-7,10H,8-9H2,1H3. The lowest BCUT2D eigenvalue weighted by Crippen LogP contribution is -2.22. The summed E-state index contributed by atoms with van der Waals surface area (Å²) in [7, 11) is 1.69. The molecule has 0 N–H and O–H groups in total. The van der Waals surface area contributed by atoms with Crippen molar-refractivity contribution < 1.29 is 4.74 Å². The van der Waals surface area contributed by atoms with E-state index < -0.39 is 0 Å². The number of methoxy groups -OCH3 is 1. The molecule has 0 radical (unpaired) electrons. The van der Waals surface area contributed by atoms with Gasteiger partial charge in [-0.1, -0.05) is 23.9 Å². The smallest absolute Gasteiger partial charge is 0.121 e. The molecule has 0 aromatic heterocycles. The molecular formula is C15H14ClNOS. The Labute approximate surface area is 122 Å². The van der Waals surface area contributed by atoms with E-state index in [2.05, 4.69) is 41.3 Å². The molecule has 0 fully saturated rings. The molecular weight excluding hydrogens is 278 g/mol. The van der Waals surface area contributed by atoms with E-state index in [1.165, 1.54) is 21.2 Å². The van der Waals surface area contributed by atoms with Gasteiger partial charge in [0.2, 0.25) is 0 Å². The van der Waals surface area contributed by atoms with Crippen LogP contribution in [-0.4, -0.2) is 19.5 Å². The number of hydrogen-bond acceptors (Lipinski definition) is 3. The average molecular weight is 292 g/mol. The number of halogens is 1. The van der Waals surface area contributed by atoms with E-state index >= 15 is 0 Å². The lowest BCUT2D eigenvalue weighted by atomic mass is 10.2. The van der Waals surface area contributed by atoms with Gasteiger partial charge in [0.05, 0.1) is 18.5 Å². The first-order valence-corrected chi connectivity index (χ1v) is 7.47. The molecule has 0 amide bonds. The predicted molar refractivity (Wildman–Crippen MR) is 81.3 cm³/mol. The molecule has 3 rings (SSSR count). The average Bonchev–Trinajstić information content (AvgIpc) is 2.47. The molecule has 0 saturated carbocycles. The highest BCUT2D eigenvalue weighted by Gasteiger charge is 2.23. The van der Waals surface area contributed by atoms with Crippen molar-refractivity contribution in [3.05, 3.63) is 42.5 Å². The molecule has 2 nitrogen and oxygen atoms in total. The van der Waals surface area contributed by atoms with Gasteiger partial charge in [-0.15, -0.1) is 11.6 Å². The van der Waals surface area contributed by atoms with Crippen LogP contribution < -0.4 is 9.64 Å². The van der Waals surface area contributed by atoms with Gasteiger partial charge in [-0.05, 0) is 24.3 Å². The van der Waals surface area contributed by atoms with E-state index in [-0.39, 0.29) is 0 Å². The SMILES string of the molecule is COc1ccc2c(c1)N(CCCl)c1ccccc1S2. The summed E-state index contributed by atoms with van der Waals surface area (Å²) in [4.78, 5) is 4.77. The fourth-order valence-corrected chi connectivity index (χ4v) is 3.51. The Kier molecular flexibility index (Phi) is 3.58. The molecule has 98 valence electrons. The first-order chi connectivity index (χ1) is 9.33. The maximum atomic E-state index is 5.96. The Balaban J connectivity index is 2.12. The zero-order chi connectivity index (χ0) is 13.2. The van der Waals surface area contributed by atoms with Crippen LogP contribution >= 0.6 is 23.4 Å². The van der Waals surface area contributed by atoms with Crippen LogP contribution in [-0.2, 0) is 0 Å². The van der Waals surface area contributed by atoms with Gasteiger partial charge in [0, 0.05) is 28.3 Å². The molecule has 0 spiro atoms. The van der Waals surface area contributed by atoms with Gasteiger partial charge in [0.15, 0.2) is 0 Å². The van der Waals surface area contributed by atoms with Crippen molar-refractivity contribution in [1.29, 1.82) is 0 Å². The Hall–Kier alpha value is -1.32. The van der Waals surface area contributed by atoms with E-state index in [0.29, 0.717) is 5.88 Å². The van der Waals surface area contributed by atoms with Crippen LogP contribution in [0.25, 0.3) is 0 Å². The number of para-hydroxylation sites is 1. The van der Waals surface area contributed by atoms with Crippen LogP contribution in [0.2, 0.25) is 0 Å². The Morgan fingerprint density at radius 2 is 1.89 bits per heavy atom. The molecule has 1 aliphatic rings. The molecule has 2 aromatic rings. The summed E-state index contributed by atoms with van der Waals surface area (Å²) in [5.41, 5.74) is 2.39. The van der Waals surface area contributed by atoms with E-state index in [0.717, 1.165) is 12.3 Å². The molecule has 0 bridgehead atoms. The number of nitrogens with zero attached hydrogens (tertiary/aromatic N) is 1. The molecule has 0 saturated heterocycles. The van der Waals surface area contributed by atoms with Crippen LogP contribution in [0.3, 0.4) is 0 Å². The highest BCUT2D eigenvalue weighted by Crippen LogP contribution is 2.48. The number of rotatable bonds is 3. The number of hydrogen-bond donors (Lipinski definition) is 0. The second-order valence-corrected chi connectivity index (χ2v) is 5.71. The first kappa shape index (κ1) is 12.7. The second-order valence-electron chi connectivity index (χ2n) is 4.24. The molecule has 0 unspecified atom stereocenters. The molecule has 2 aromatic carbocycles. The maximum Gasteiger partial charge on any atom is 0.121 e. The molecule has 0 aliphatic carbocycles. The zero-order valence-corrected chi connectivity index (χ0v) is 12.2. The van der Waals surface area contributed by atoms with E-state index in [9.17, 15) is 0 Å². The number of ether oxygens (including phenoxy) is 1. The van der Waals surface area contributed by atoms with Crippen LogP contribution in [0.5, 0.6) is 5.75 Å². The van der Waals surface area contributed by atoms with Gasteiger partial charge in [-0.3, -0.25) is 0 Å². The van der Waals surface area contributed by atoms with Gasteiger partial charge in [-0.25, -0.2) is 0 Å². The Bertz CT molecular complexity index is 602. The van der Waals surface area contributed by atoms with Crippen LogP contribution in [0, 0.1) is 0 Å². The normalized spacial score (nSPS) is 12.8. The molecule has 1 heterocycles. The van der Waals surface area contributed by atoms with Crippen LogP contribution in [0.1, 0.15) is 0 Å². The minimum Gasteiger partial charge on any atom is -0.497 e. The minimum absolute atomic E-state index is 0.593. The van der Waals surface area contributed by atoms with Crippen molar-refractivity contribution >= 4 is 34.7 Å². The van der Waals surface area contributed by atoms with Crippen molar-refractivity contribution in [3.63, 3.8) is 0 Å². The molecule has 4 heteroatoms. The fourth-order valence-electron chi connectivity index (χ4n) is 2.26. The summed E-state index contributed by atoms with van der Waals surface area (Å²) in [6.45, 7) is 0.791. The third-order valence-corrected chi connectivity index (χ3v) is 4.44. The van der Waals surface area contributed by atoms with Gasteiger partial charge >= 0.3 is 0 Å². The number of anilines is 2. The van der Waals surface area contributed by atoms with Crippen molar-refractivity contribution in [2.75, 3.05) is 24.4 Å². The van der Waals surface area contributed by atoms with Gasteiger partial charge in [0.25, 0.3) is 0 Å². The lowest BCUT2D eigenvalue weighted by molar-refractivity contribution is 0.414. The third kappa shape index (κ3) is 2.28. The highest BCUT2D eigenvalue weighted by molar-refractivity contribution is 7.99. The minimum atomic E-state index is 0.593. The van der Waals surface area contributed by atoms with Crippen molar-refractivity contribution in [1.82, 2.24) is 0 Å². The van der Waals surface area contributed by atoms with E-state index in [1.807, 2.05) is 6.07 Å². The number of alkyl halides is 1.